The van der Waals surface area contributed by atoms with E-state index in [0.717, 1.165) is 36.8 Å². The molecule has 1 aliphatic rings. The summed E-state index contributed by atoms with van der Waals surface area (Å²) in [7, 11) is 0. The quantitative estimate of drug-likeness (QED) is 0.463. The first-order valence-corrected chi connectivity index (χ1v) is 8.97. The van der Waals surface area contributed by atoms with E-state index in [1.165, 1.54) is 0 Å². The van der Waals surface area contributed by atoms with Crippen molar-refractivity contribution in [2.24, 2.45) is 5.41 Å². The molecule has 0 spiro atoms. The van der Waals surface area contributed by atoms with E-state index >= 15 is 0 Å². The lowest BCUT2D eigenvalue weighted by molar-refractivity contribution is 0.0862. The molecule has 1 aliphatic carbocycles. The van der Waals surface area contributed by atoms with Crippen molar-refractivity contribution >= 4 is 0 Å². The van der Waals surface area contributed by atoms with Crippen LogP contribution in [-0.4, -0.2) is 33.6 Å². The van der Waals surface area contributed by atoms with Crippen molar-refractivity contribution in [1.29, 1.82) is 0 Å². The minimum absolute atomic E-state index is 0.240. The molecule has 3 heteroatoms. The van der Waals surface area contributed by atoms with Crippen molar-refractivity contribution < 1.29 is 15.3 Å². The van der Waals surface area contributed by atoms with Crippen LogP contribution in [0.4, 0.5) is 0 Å². The van der Waals surface area contributed by atoms with Crippen LogP contribution in [0.25, 0.3) is 0 Å². The van der Waals surface area contributed by atoms with E-state index in [1.54, 1.807) is 6.92 Å². The lowest BCUT2D eigenvalue weighted by atomic mass is 9.83. The van der Waals surface area contributed by atoms with Crippen LogP contribution in [-0.2, 0) is 0 Å². The van der Waals surface area contributed by atoms with Crippen LogP contribution in [0, 0.1) is 5.41 Å². The van der Waals surface area contributed by atoms with Gasteiger partial charge in [0.25, 0.3) is 0 Å². The van der Waals surface area contributed by atoms with Crippen molar-refractivity contribution in [3.63, 3.8) is 0 Å². The molecular weight excluding hydrogens is 300 g/mol. The van der Waals surface area contributed by atoms with E-state index in [0.29, 0.717) is 12.8 Å². The standard InChI is InChI=1S/C21H34O3/c1-16(22)10-9-13-21(3,4)12-8-6-5-7-11-18-14-19(23)15-20(24)17(18)2/h5,7,9-11,16,19-20,22-24H,2,6,8,12-15H2,1,3-4H3. The number of aliphatic hydroxyl groups is 3. The third-order valence-corrected chi connectivity index (χ3v) is 4.51. The first-order valence-electron chi connectivity index (χ1n) is 8.97. The summed E-state index contributed by atoms with van der Waals surface area (Å²) in [5, 5.41) is 28.8. The van der Waals surface area contributed by atoms with E-state index in [-0.39, 0.29) is 11.5 Å². The fourth-order valence-electron chi connectivity index (χ4n) is 2.92. The van der Waals surface area contributed by atoms with E-state index in [1.807, 2.05) is 18.2 Å². The van der Waals surface area contributed by atoms with Crippen molar-refractivity contribution in [2.45, 2.75) is 77.6 Å². The summed E-state index contributed by atoms with van der Waals surface area (Å²) >= 11 is 0. The smallest absolute Gasteiger partial charge is 0.0811 e. The molecule has 0 bridgehead atoms. The van der Waals surface area contributed by atoms with Gasteiger partial charge in [0.05, 0.1) is 18.3 Å². The van der Waals surface area contributed by atoms with Crippen LogP contribution >= 0.6 is 0 Å². The topological polar surface area (TPSA) is 60.7 Å². The van der Waals surface area contributed by atoms with Crippen molar-refractivity contribution in [3.8, 4) is 0 Å². The number of aliphatic hydroxyl groups excluding tert-OH is 3. The molecule has 0 saturated heterocycles. The van der Waals surface area contributed by atoms with Gasteiger partial charge in [0.15, 0.2) is 0 Å². The average molecular weight is 335 g/mol. The number of hydrogen-bond donors (Lipinski definition) is 3. The molecule has 1 rings (SSSR count). The Labute approximate surface area is 147 Å². The van der Waals surface area contributed by atoms with Crippen LogP contribution in [0.2, 0.25) is 0 Å². The summed E-state index contributed by atoms with van der Waals surface area (Å²) in [4.78, 5) is 0. The van der Waals surface area contributed by atoms with E-state index in [9.17, 15) is 15.3 Å². The molecular formula is C21H34O3. The van der Waals surface area contributed by atoms with Crippen LogP contribution in [0.3, 0.4) is 0 Å². The maximum Gasteiger partial charge on any atom is 0.0811 e. The third-order valence-electron chi connectivity index (χ3n) is 4.51. The Morgan fingerprint density at radius 2 is 2.00 bits per heavy atom. The fraction of sp³-hybridized carbons (Fsp3) is 0.619. The lowest BCUT2D eigenvalue weighted by Crippen LogP contribution is -2.26. The average Bonchev–Trinajstić information content (AvgIpc) is 2.46. The van der Waals surface area contributed by atoms with Gasteiger partial charge in [-0.1, -0.05) is 50.8 Å². The Bertz CT molecular complexity index is 483. The molecule has 3 N–H and O–H groups in total. The first kappa shape index (κ1) is 20.9. The zero-order valence-corrected chi connectivity index (χ0v) is 15.4. The molecule has 0 aromatic rings. The lowest BCUT2D eigenvalue weighted by Gasteiger charge is -2.26. The molecule has 3 nitrogen and oxygen atoms in total. The first-order chi connectivity index (χ1) is 11.2. The number of unbranched alkanes of at least 4 members (excludes halogenated alkanes) is 1. The van der Waals surface area contributed by atoms with Crippen molar-refractivity contribution in [3.05, 3.63) is 48.1 Å². The molecule has 3 atom stereocenters. The van der Waals surface area contributed by atoms with Crippen molar-refractivity contribution in [2.75, 3.05) is 0 Å². The van der Waals surface area contributed by atoms with Gasteiger partial charge < -0.3 is 15.3 Å². The second kappa shape index (κ2) is 9.97. The van der Waals surface area contributed by atoms with E-state index in [2.05, 4.69) is 32.6 Å². The summed E-state index contributed by atoms with van der Waals surface area (Å²) in [5.74, 6) is 0. The maximum atomic E-state index is 9.81. The molecule has 24 heavy (non-hydrogen) atoms. The molecule has 3 unspecified atom stereocenters. The molecule has 0 heterocycles. The molecule has 0 aromatic heterocycles. The zero-order chi connectivity index (χ0) is 18.2. The third kappa shape index (κ3) is 8.09. The SMILES string of the molecule is C=C1C(=CC=CCCCC(C)(C)CC=CC(C)O)CC(O)CC1O. The predicted molar refractivity (Wildman–Crippen MR) is 101 cm³/mol. The van der Waals surface area contributed by atoms with Gasteiger partial charge in [0.1, 0.15) is 0 Å². The number of allylic oxidation sites excluding steroid dienone is 4. The summed E-state index contributed by atoms with van der Waals surface area (Å²) < 4.78 is 0. The van der Waals surface area contributed by atoms with Gasteiger partial charge in [-0.2, -0.15) is 0 Å². The molecule has 136 valence electrons. The molecule has 0 aromatic carbocycles. The normalized spacial score (nSPS) is 25.9. The fourth-order valence-corrected chi connectivity index (χ4v) is 2.92. The molecule has 0 amide bonds. The van der Waals surface area contributed by atoms with Crippen molar-refractivity contribution in [1.82, 2.24) is 0 Å². The molecule has 0 radical (unpaired) electrons. The summed E-state index contributed by atoms with van der Waals surface area (Å²) in [5.41, 5.74) is 1.92. The highest BCUT2D eigenvalue weighted by Gasteiger charge is 2.24. The van der Waals surface area contributed by atoms with E-state index in [4.69, 9.17) is 0 Å². The highest BCUT2D eigenvalue weighted by Crippen LogP contribution is 2.29. The van der Waals surface area contributed by atoms with Gasteiger partial charge in [-0.15, -0.1) is 0 Å². The highest BCUT2D eigenvalue weighted by molar-refractivity contribution is 5.37. The second-order valence-corrected chi connectivity index (χ2v) is 7.68. The largest absolute Gasteiger partial charge is 0.393 e. The van der Waals surface area contributed by atoms with Gasteiger partial charge in [-0.25, -0.2) is 0 Å². The van der Waals surface area contributed by atoms with E-state index < -0.39 is 12.2 Å². The summed E-state index contributed by atoms with van der Waals surface area (Å²) in [6.45, 7) is 10.2. The minimum atomic E-state index is -0.621. The Kier molecular flexibility index (Phi) is 8.68. The van der Waals surface area contributed by atoms with Gasteiger partial charge in [-0.3, -0.25) is 0 Å². The second-order valence-electron chi connectivity index (χ2n) is 7.68. The summed E-state index contributed by atoms with van der Waals surface area (Å²) in [6.07, 6.45) is 13.7. The van der Waals surface area contributed by atoms with Crippen LogP contribution < -0.4 is 0 Å². The Balaban J connectivity index is 2.35. The van der Waals surface area contributed by atoms with Gasteiger partial charge in [-0.05, 0) is 55.6 Å². The Morgan fingerprint density at radius 3 is 2.67 bits per heavy atom. The van der Waals surface area contributed by atoms with Crippen LogP contribution in [0.1, 0.15) is 59.3 Å². The van der Waals surface area contributed by atoms with Gasteiger partial charge >= 0.3 is 0 Å². The zero-order valence-electron chi connectivity index (χ0n) is 15.4. The monoisotopic (exact) mass is 334 g/mol. The molecule has 0 aliphatic heterocycles. The number of hydrogen-bond acceptors (Lipinski definition) is 3. The summed E-state index contributed by atoms with van der Waals surface area (Å²) in [6, 6.07) is 0. The Morgan fingerprint density at radius 1 is 1.29 bits per heavy atom. The van der Waals surface area contributed by atoms with Gasteiger partial charge in [0.2, 0.25) is 0 Å². The minimum Gasteiger partial charge on any atom is -0.393 e. The van der Waals surface area contributed by atoms with Gasteiger partial charge in [0, 0.05) is 6.42 Å². The molecule has 1 fully saturated rings. The van der Waals surface area contributed by atoms with Crippen LogP contribution in [0.5, 0.6) is 0 Å². The predicted octanol–water partition coefficient (Wildman–Crippen LogP) is 4.06. The Hall–Kier alpha value is -1.16. The maximum absolute atomic E-state index is 9.81. The van der Waals surface area contributed by atoms with Crippen LogP contribution in [0.15, 0.2) is 48.1 Å². The molecule has 1 saturated carbocycles. The highest BCUT2D eigenvalue weighted by atomic mass is 16.3. The number of rotatable bonds is 8.